The third kappa shape index (κ3) is 3.21. The lowest BCUT2D eigenvalue weighted by Crippen LogP contribution is -2.27. The largest absolute Gasteiger partial charge is 0.453 e. The highest BCUT2D eigenvalue weighted by Crippen LogP contribution is 2.32. The summed E-state index contributed by atoms with van der Waals surface area (Å²) in [5, 5.41) is 7.86. The molecule has 8 heteroatoms. The van der Waals surface area contributed by atoms with Crippen LogP contribution in [0.5, 0.6) is 0 Å². The number of carbonyl (C=O) groups is 1. The van der Waals surface area contributed by atoms with Crippen LogP contribution in [0.25, 0.3) is 0 Å². The van der Waals surface area contributed by atoms with E-state index in [1.54, 1.807) is 6.92 Å². The zero-order valence-electron chi connectivity index (χ0n) is 9.71. The lowest BCUT2D eigenvalue weighted by atomic mass is 10.2. The van der Waals surface area contributed by atoms with Gasteiger partial charge in [-0.1, -0.05) is 0 Å². The lowest BCUT2D eigenvalue weighted by Gasteiger charge is -2.10. The molecule has 5 nitrogen and oxygen atoms in total. The standard InChI is InChI=1S/C10H13F3N4O/c1-5(14-7(18)4-6-2-3-6)8-15-9(17-16-8)10(11,12)13/h5-6H,2-4H2,1H3,(H,14,18)(H,15,16,17). The van der Waals surface area contributed by atoms with Gasteiger partial charge in [0.25, 0.3) is 5.82 Å². The molecular formula is C10H13F3N4O. The average Bonchev–Trinajstić information content (AvgIpc) is 2.91. The second kappa shape index (κ2) is 4.58. The molecule has 1 aromatic rings. The molecular weight excluding hydrogens is 249 g/mol. The Morgan fingerprint density at radius 2 is 2.22 bits per heavy atom. The third-order valence-electron chi connectivity index (χ3n) is 2.71. The predicted molar refractivity (Wildman–Crippen MR) is 55.3 cm³/mol. The first-order valence-electron chi connectivity index (χ1n) is 5.65. The smallest absolute Gasteiger partial charge is 0.346 e. The predicted octanol–water partition coefficient (Wildman–Crippen LogP) is 1.80. The van der Waals surface area contributed by atoms with Crippen LogP contribution in [-0.4, -0.2) is 21.1 Å². The van der Waals surface area contributed by atoms with E-state index in [2.05, 4.69) is 20.5 Å². The van der Waals surface area contributed by atoms with Crippen molar-refractivity contribution in [1.82, 2.24) is 20.5 Å². The van der Waals surface area contributed by atoms with Gasteiger partial charge in [0.2, 0.25) is 5.91 Å². The second-order valence-corrected chi connectivity index (χ2v) is 4.48. The Morgan fingerprint density at radius 3 is 2.72 bits per heavy atom. The van der Waals surface area contributed by atoms with Gasteiger partial charge in [-0.05, 0) is 25.7 Å². The number of aromatic amines is 1. The second-order valence-electron chi connectivity index (χ2n) is 4.48. The normalized spacial score (nSPS) is 17.6. The molecule has 0 bridgehead atoms. The van der Waals surface area contributed by atoms with E-state index in [9.17, 15) is 18.0 Å². The molecule has 0 aromatic carbocycles. The van der Waals surface area contributed by atoms with Crippen molar-refractivity contribution in [2.24, 2.45) is 5.92 Å². The molecule has 1 aliphatic rings. The maximum Gasteiger partial charge on any atom is 0.453 e. The van der Waals surface area contributed by atoms with Crippen molar-refractivity contribution in [2.45, 2.75) is 38.4 Å². The van der Waals surface area contributed by atoms with Crippen molar-refractivity contribution in [2.75, 3.05) is 0 Å². The first-order chi connectivity index (χ1) is 8.36. The van der Waals surface area contributed by atoms with Gasteiger partial charge in [-0.15, -0.1) is 5.10 Å². The van der Waals surface area contributed by atoms with Gasteiger partial charge in [-0.3, -0.25) is 9.89 Å². The van der Waals surface area contributed by atoms with E-state index >= 15 is 0 Å². The number of amides is 1. The van der Waals surface area contributed by atoms with Gasteiger partial charge in [0, 0.05) is 6.42 Å². The van der Waals surface area contributed by atoms with Gasteiger partial charge in [-0.25, -0.2) is 4.98 Å². The van der Waals surface area contributed by atoms with Gasteiger partial charge in [0.1, 0.15) is 5.82 Å². The number of aromatic nitrogens is 3. The summed E-state index contributed by atoms with van der Waals surface area (Å²) >= 11 is 0. The van der Waals surface area contributed by atoms with Crippen LogP contribution in [-0.2, 0) is 11.0 Å². The van der Waals surface area contributed by atoms with Gasteiger partial charge < -0.3 is 5.32 Å². The zero-order valence-corrected chi connectivity index (χ0v) is 9.71. The van der Waals surface area contributed by atoms with E-state index in [-0.39, 0.29) is 11.7 Å². The highest BCUT2D eigenvalue weighted by atomic mass is 19.4. The van der Waals surface area contributed by atoms with Crippen LogP contribution >= 0.6 is 0 Å². The van der Waals surface area contributed by atoms with Crippen LogP contribution in [0.15, 0.2) is 0 Å². The maximum absolute atomic E-state index is 12.3. The Kier molecular flexibility index (Phi) is 3.27. The van der Waals surface area contributed by atoms with E-state index in [1.807, 2.05) is 0 Å². The molecule has 0 saturated heterocycles. The van der Waals surface area contributed by atoms with E-state index in [4.69, 9.17) is 0 Å². The van der Waals surface area contributed by atoms with Crippen LogP contribution in [0.4, 0.5) is 13.2 Å². The van der Waals surface area contributed by atoms with Crippen molar-refractivity contribution in [3.8, 4) is 0 Å². The quantitative estimate of drug-likeness (QED) is 0.869. The molecule has 1 fully saturated rings. The van der Waals surface area contributed by atoms with Gasteiger partial charge in [0.05, 0.1) is 6.04 Å². The first-order valence-corrected chi connectivity index (χ1v) is 5.65. The lowest BCUT2D eigenvalue weighted by molar-refractivity contribution is -0.144. The Hall–Kier alpha value is -1.60. The molecule has 2 N–H and O–H groups in total. The summed E-state index contributed by atoms with van der Waals surface area (Å²) in [6.45, 7) is 1.56. The summed E-state index contributed by atoms with van der Waals surface area (Å²) in [4.78, 5) is 14.8. The van der Waals surface area contributed by atoms with Crippen molar-refractivity contribution in [3.05, 3.63) is 11.6 Å². The summed E-state index contributed by atoms with van der Waals surface area (Å²) in [6.07, 6.45) is -2.07. The highest BCUT2D eigenvalue weighted by Gasteiger charge is 2.36. The van der Waals surface area contributed by atoms with Crippen LogP contribution in [0, 0.1) is 5.92 Å². The summed E-state index contributed by atoms with van der Waals surface area (Å²) in [7, 11) is 0. The molecule has 1 saturated carbocycles. The molecule has 1 heterocycles. The molecule has 1 aliphatic carbocycles. The fourth-order valence-corrected chi connectivity index (χ4v) is 1.55. The minimum Gasteiger partial charge on any atom is -0.346 e. The Bertz CT molecular complexity index is 439. The van der Waals surface area contributed by atoms with Gasteiger partial charge in [-0.2, -0.15) is 13.2 Å². The number of carbonyl (C=O) groups excluding carboxylic acids is 1. The third-order valence-corrected chi connectivity index (χ3v) is 2.71. The summed E-state index contributed by atoms with van der Waals surface area (Å²) in [6, 6.07) is -0.611. The topological polar surface area (TPSA) is 70.7 Å². The maximum atomic E-state index is 12.3. The van der Waals surface area contributed by atoms with E-state index in [0.717, 1.165) is 12.8 Å². The molecule has 0 spiro atoms. The molecule has 1 amide bonds. The molecule has 2 rings (SSSR count). The Balaban J connectivity index is 1.93. The van der Waals surface area contributed by atoms with Gasteiger partial charge >= 0.3 is 6.18 Å². The number of hydrogen-bond acceptors (Lipinski definition) is 3. The number of nitrogens with zero attached hydrogens (tertiary/aromatic N) is 2. The number of rotatable bonds is 4. The van der Waals surface area contributed by atoms with Crippen LogP contribution < -0.4 is 5.32 Å². The van der Waals surface area contributed by atoms with E-state index in [0.29, 0.717) is 12.3 Å². The molecule has 0 aliphatic heterocycles. The number of alkyl halides is 3. The monoisotopic (exact) mass is 262 g/mol. The molecule has 1 unspecified atom stereocenters. The first kappa shape index (κ1) is 12.8. The highest BCUT2D eigenvalue weighted by molar-refractivity contribution is 5.76. The SMILES string of the molecule is CC(NC(=O)CC1CC1)c1nc(C(F)(F)F)n[nH]1. The van der Waals surface area contributed by atoms with Crippen LogP contribution in [0.3, 0.4) is 0 Å². The van der Waals surface area contributed by atoms with Crippen molar-refractivity contribution >= 4 is 5.91 Å². The Morgan fingerprint density at radius 1 is 1.56 bits per heavy atom. The van der Waals surface area contributed by atoms with E-state index in [1.165, 1.54) is 0 Å². The van der Waals surface area contributed by atoms with Gasteiger partial charge in [0.15, 0.2) is 0 Å². The molecule has 0 radical (unpaired) electrons. The number of H-pyrrole nitrogens is 1. The fourth-order valence-electron chi connectivity index (χ4n) is 1.55. The Labute approximate surface area is 101 Å². The fraction of sp³-hybridized carbons (Fsp3) is 0.700. The number of nitrogens with one attached hydrogen (secondary N) is 2. The van der Waals surface area contributed by atoms with E-state index < -0.39 is 18.0 Å². The van der Waals surface area contributed by atoms with Crippen molar-refractivity contribution < 1.29 is 18.0 Å². The van der Waals surface area contributed by atoms with Crippen LogP contribution in [0.2, 0.25) is 0 Å². The zero-order chi connectivity index (χ0) is 13.3. The molecule has 1 aromatic heterocycles. The van der Waals surface area contributed by atoms with Crippen molar-refractivity contribution in [3.63, 3.8) is 0 Å². The summed E-state index contributed by atoms with van der Waals surface area (Å²) < 4.78 is 36.8. The summed E-state index contributed by atoms with van der Waals surface area (Å²) in [5.41, 5.74) is 0. The number of halogens is 3. The minimum absolute atomic E-state index is 0.00599. The number of hydrogen-bond donors (Lipinski definition) is 2. The molecule has 100 valence electrons. The molecule has 1 atom stereocenters. The minimum atomic E-state index is -4.58. The molecule has 18 heavy (non-hydrogen) atoms. The average molecular weight is 262 g/mol. The van der Waals surface area contributed by atoms with Crippen molar-refractivity contribution in [1.29, 1.82) is 0 Å². The summed E-state index contributed by atoms with van der Waals surface area (Å²) in [5.74, 6) is -0.958. The van der Waals surface area contributed by atoms with Crippen LogP contribution in [0.1, 0.15) is 43.9 Å².